The van der Waals surface area contributed by atoms with E-state index in [0.717, 1.165) is 12.8 Å². The summed E-state index contributed by atoms with van der Waals surface area (Å²) in [5.41, 5.74) is 1.25. The average Bonchev–Trinajstić information content (AvgIpc) is 3.24. The zero-order valence-corrected chi connectivity index (χ0v) is 17.5. The molecule has 8 nitrogen and oxygen atoms in total. The van der Waals surface area contributed by atoms with Crippen LogP contribution in [0, 0.1) is 5.92 Å². The summed E-state index contributed by atoms with van der Waals surface area (Å²) >= 11 is 0. The van der Waals surface area contributed by atoms with Gasteiger partial charge in [-0.15, -0.1) is 0 Å². The predicted octanol–water partition coefficient (Wildman–Crippen LogP) is 2.19. The first-order chi connectivity index (χ1) is 13.9. The zero-order valence-electron chi connectivity index (χ0n) is 16.7. The number of rotatable bonds is 7. The molecular weight excluding hydrogens is 394 g/mol. The molecule has 2 atom stereocenters. The third-order valence-corrected chi connectivity index (χ3v) is 7.30. The Labute approximate surface area is 172 Å². The lowest BCUT2D eigenvalue weighted by molar-refractivity contribution is -0.124. The van der Waals surface area contributed by atoms with Crippen molar-refractivity contribution < 1.29 is 22.7 Å². The quantitative estimate of drug-likeness (QED) is 0.700. The van der Waals surface area contributed by atoms with Crippen LogP contribution in [0.2, 0.25) is 0 Å². The second-order valence-corrected chi connectivity index (χ2v) is 9.66. The second-order valence-electron chi connectivity index (χ2n) is 7.57. The molecule has 2 unspecified atom stereocenters. The van der Waals surface area contributed by atoms with Crippen LogP contribution < -0.4 is 10.6 Å². The second kappa shape index (κ2) is 9.69. The summed E-state index contributed by atoms with van der Waals surface area (Å²) in [4.78, 5) is 24.7. The highest BCUT2D eigenvalue weighted by molar-refractivity contribution is 7.89. The number of piperidine rings is 1. The van der Waals surface area contributed by atoms with Gasteiger partial charge in [0.2, 0.25) is 15.9 Å². The molecule has 0 saturated carbocycles. The molecule has 0 bridgehead atoms. The molecule has 2 aliphatic heterocycles. The first-order valence-corrected chi connectivity index (χ1v) is 11.8. The van der Waals surface area contributed by atoms with Crippen molar-refractivity contribution in [2.45, 2.75) is 45.1 Å². The molecule has 0 aromatic heterocycles. The number of benzene rings is 1. The standard InChI is InChI=1S/C20H29N3O5S/c1-2-13-29(26,27)23-11-3-5-15(14-23)19(24)21-16-7-9-17(10-8-16)22-20(25)18-6-4-12-28-18/h7-10,15,18H,2-6,11-14H2,1H3,(H,21,24)(H,22,25). The van der Waals surface area contributed by atoms with Gasteiger partial charge >= 0.3 is 0 Å². The fourth-order valence-corrected chi connectivity index (χ4v) is 5.27. The number of sulfonamides is 1. The highest BCUT2D eigenvalue weighted by Crippen LogP contribution is 2.22. The number of anilines is 2. The molecule has 3 rings (SSSR count). The van der Waals surface area contributed by atoms with E-state index in [2.05, 4.69) is 10.6 Å². The summed E-state index contributed by atoms with van der Waals surface area (Å²) in [6, 6.07) is 6.89. The Morgan fingerprint density at radius 3 is 2.31 bits per heavy atom. The normalized spacial score (nSPS) is 22.9. The van der Waals surface area contributed by atoms with Crippen molar-refractivity contribution in [1.29, 1.82) is 0 Å². The van der Waals surface area contributed by atoms with E-state index >= 15 is 0 Å². The third kappa shape index (κ3) is 5.77. The van der Waals surface area contributed by atoms with Gasteiger partial charge in [-0.1, -0.05) is 6.92 Å². The Hall–Kier alpha value is -1.97. The van der Waals surface area contributed by atoms with Gasteiger partial charge in [-0.3, -0.25) is 9.59 Å². The van der Waals surface area contributed by atoms with Gasteiger partial charge in [0, 0.05) is 31.1 Å². The fraction of sp³-hybridized carbons (Fsp3) is 0.600. The molecule has 2 saturated heterocycles. The van der Waals surface area contributed by atoms with E-state index < -0.39 is 16.1 Å². The van der Waals surface area contributed by atoms with Crippen molar-refractivity contribution in [3.8, 4) is 0 Å². The summed E-state index contributed by atoms with van der Waals surface area (Å²) in [5, 5.41) is 5.67. The van der Waals surface area contributed by atoms with Gasteiger partial charge in [0.1, 0.15) is 6.10 Å². The molecule has 29 heavy (non-hydrogen) atoms. The Morgan fingerprint density at radius 2 is 1.72 bits per heavy atom. The highest BCUT2D eigenvalue weighted by atomic mass is 32.2. The van der Waals surface area contributed by atoms with E-state index in [0.29, 0.717) is 43.8 Å². The number of nitrogens with zero attached hydrogens (tertiary/aromatic N) is 1. The molecular formula is C20H29N3O5S. The lowest BCUT2D eigenvalue weighted by Gasteiger charge is -2.31. The van der Waals surface area contributed by atoms with Crippen LogP contribution in [-0.4, -0.2) is 56.1 Å². The van der Waals surface area contributed by atoms with Gasteiger partial charge in [-0.25, -0.2) is 12.7 Å². The molecule has 0 radical (unpaired) electrons. The molecule has 160 valence electrons. The molecule has 2 N–H and O–H groups in total. The third-order valence-electron chi connectivity index (χ3n) is 5.25. The summed E-state index contributed by atoms with van der Waals surface area (Å²) < 4.78 is 31.4. The molecule has 0 spiro atoms. The number of hydrogen-bond donors (Lipinski definition) is 2. The maximum atomic E-state index is 12.6. The van der Waals surface area contributed by atoms with E-state index in [9.17, 15) is 18.0 Å². The van der Waals surface area contributed by atoms with Crippen LogP contribution in [-0.2, 0) is 24.3 Å². The summed E-state index contributed by atoms with van der Waals surface area (Å²) in [6.07, 6.45) is 3.13. The molecule has 2 aliphatic rings. The maximum Gasteiger partial charge on any atom is 0.253 e. The monoisotopic (exact) mass is 423 g/mol. The van der Waals surface area contributed by atoms with E-state index in [1.807, 2.05) is 6.92 Å². The number of amides is 2. The van der Waals surface area contributed by atoms with Gasteiger partial charge in [0.05, 0.1) is 11.7 Å². The van der Waals surface area contributed by atoms with Gasteiger partial charge in [0.15, 0.2) is 0 Å². The van der Waals surface area contributed by atoms with Crippen LogP contribution in [0.4, 0.5) is 11.4 Å². The van der Waals surface area contributed by atoms with Crippen LogP contribution in [0.3, 0.4) is 0 Å². The Bertz CT molecular complexity index is 819. The van der Waals surface area contributed by atoms with Crippen molar-refractivity contribution in [2.24, 2.45) is 5.92 Å². The van der Waals surface area contributed by atoms with Gasteiger partial charge < -0.3 is 15.4 Å². The van der Waals surface area contributed by atoms with Crippen LogP contribution in [0.15, 0.2) is 24.3 Å². The van der Waals surface area contributed by atoms with Crippen molar-refractivity contribution in [3.05, 3.63) is 24.3 Å². The molecule has 0 aliphatic carbocycles. The number of nitrogens with one attached hydrogen (secondary N) is 2. The van der Waals surface area contributed by atoms with Gasteiger partial charge in [-0.2, -0.15) is 0 Å². The van der Waals surface area contributed by atoms with Crippen LogP contribution in [0.25, 0.3) is 0 Å². The first kappa shape index (κ1) is 21.7. The van der Waals surface area contributed by atoms with Crippen molar-refractivity contribution in [2.75, 3.05) is 36.1 Å². The topological polar surface area (TPSA) is 105 Å². The van der Waals surface area contributed by atoms with Crippen molar-refractivity contribution in [1.82, 2.24) is 4.31 Å². The van der Waals surface area contributed by atoms with Gasteiger partial charge in [0.25, 0.3) is 5.91 Å². The minimum absolute atomic E-state index is 0.112. The smallest absolute Gasteiger partial charge is 0.253 e. The molecule has 2 heterocycles. The van der Waals surface area contributed by atoms with E-state index in [-0.39, 0.29) is 30.0 Å². The van der Waals surface area contributed by atoms with Gasteiger partial charge in [-0.05, 0) is 56.4 Å². The number of carbonyl (C=O) groups is 2. The van der Waals surface area contributed by atoms with Crippen molar-refractivity contribution >= 4 is 33.2 Å². The largest absolute Gasteiger partial charge is 0.368 e. The molecule has 2 amide bonds. The molecule has 2 fully saturated rings. The van der Waals surface area contributed by atoms with Crippen LogP contribution in [0.5, 0.6) is 0 Å². The highest BCUT2D eigenvalue weighted by Gasteiger charge is 2.31. The zero-order chi connectivity index (χ0) is 20.9. The Morgan fingerprint density at radius 1 is 1.07 bits per heavy atom. The van der Waals surface area contributed by atoms with E-state index in [1.54, 1.807) is 24.3 Å². The van der Waals surface area contributed by atoms with E-state index in [1.165, 1.54) is 4.31 Å². The van der Waals surface area contributed by atoms with E-state index in [4.69, 9.17) is 4.74 Å². The summed E-state index contributed by atoms with van der Waals surface area (Å²) in [5.74, 6) is -0.595. The maximum absolute atomic E-state index is 12.6. The lowest BCUT2D eigenvalue weighted by Crippen LogP contribution is -2.44. The van der Waals surface area contributed by atoms with Crippen LogP contribution in [0.1, 0.15) is 39.0 Å². The molecule has 1 aromatic rings. The SMILES string of the molecule is CCCS(=O)(=O)N1CCCC(C(=O)Nc2ccc(NC(=O)C3CCCO3)cc2)C1. The van der Waals surface area contributed by atoms with Crippen molar-refractivity contribution in [3.63, 3.8) is 0 Å². The lowest BCUT2D eigenvalue weighted by atomic mass is 9.98. The average molecular weight is 424 g/mol. The number of ether oxygens (including phenoxy) is 1. The summed E-state index contributed by atoms with van der Waals surface area (Å²) in [6.45, 7) is 3.15. The minimum atomic E-state index is -3.29. The predicted molar refractivity (Wildman–Crippen MR) is 111 cm³/mol. The molecule has 1 aromatic carbocycles. The van der Waals surface area contributed by atoms with Crippen LogP contribution >= 0.6 is 0 Å². The fourth-order valence-electron chi connectivity index (χ4n) is 3.68. The Balaban J connectivity index is 1.54. The molecule has 9 heteroatoms. The Kier molecular flexibility index (Phi) is 7.26. The number of carbonyl (C=O) groups excluding carboxylic acids is 2. The summed E-state index contributed by atoms with van der Waals surface area (Å²) in [7, 11) is -3.29. The first-order valence-electron chi connectivity index (χ1n) is 10.2. The minimum Gasteiger partial charge on any atom is -0.368 e. The number of hydrogen-bond acceptors (Lipinski definition) is 5.